The van der Waals surface area contributed by atoms with Crippen LogP contribution in [0.1, 0.15) is 16.1 Å². The molecule has 0 amide bonds. The topological polar surface area (TPSA) is 40.5 Å². The lowest BCUT2D eigenvalue weighted by Crippen LogP contribution is -2.17. The van der Waals surface area contributed by atoms with Crippen molar-refractivity contribution in [1.29, 1.82) is 0 Å². The number of alkyl halides is 3. The van der Waals surface area contributed by atoms with E-state index in [0.29, 0.717) is 11.3 Å². The number of carbonyl (C=O) groups excluding carboxylic acids is 1. The molecule has 2 aromatic carbocycles. The summed E-state index contributed by atoms with van der Waals surface area (Å²) in [6, 6.07) is 14.6. The van der Waals surface area contributed by atoms with Gasteiger partial charge in [-0.15, -0.1) is 0 Å². The molecular weight excluding hydrogens is 359 g/mol. The second-order valence-corrected chi connectivity index (χ2v) is 5.69. The van der Waals surface area contributed by atoms with E-state index in [-0.39, 0.29) is 11.3 Å². The van der Waals surface area contributed by atoms with Gasteiger partial charge in [0.2, 0.25) is 0 Å². The van der Waals surface area contributed by atoms with E-state index in [0.717, 1.165) is 11.7 Å². The molecule has 4 nitrogen and oxygen atoms in total. The highest BCUT2D eigenvalue weighted by molar-refractivity contribution is 5.99. The predicted octanol–water partition coefficient (Wildman–Crippen LogP) is 4.96. The Bertz CT molecular complexity index is 962. The Morgan fingerprint density at radius 1 is 1.00 bits per heavy atom. The van der Waals surface area contributed by atoms with Crippen molar-refractivity contribution < 1.29 is 27.4 Å². The van der Waals surface area contributed by atoms with Gasteiger partial charge in [0.1, 0.15) is 11.4 Å². The minimum absolute atomic E-state index is 0.137. The smallest absolute Gasteiger partial charge is 0.432 e. The van der Waals surface area contributed by atoms with Crippen molar-refractivity contribution in [3.63, 3.8) is 0 Å². The molecule has 3 rings (SSSR count). The molecule has 0 aliphatic rings. The van der Waals surface area contributed by atoms with E-state index in [1.54, 1.807) is 42.5 Å². The van der Waals surface area contributed by atoms with Gasteiger partial charge in [-0.3, -0.25) is 0 Å². The standard InChI is InChI=1S/C20H16F3NO3/c1-26-15-10-6-9-14(11-15)24-12-16(13-7-4-3-5-8-13)17(19(25)27-2)18(24)20(21,22)23/h3-12H,1-2H3. The average molecular weight is 375 g/mol. The highest BCUT2D eigenvalue weighted by atomic mass is 19.4. The lowest BCUT2D eigenvalue weighted by Gasteiger charge is -2.14. The molecule has 0 radical (unpaired) electrons. The molecule has 0 unspecified atom stereocenters. The van der Waals surface area contributed by atoms with Gasteiger partial charge in [-0.05, 0) is 17.7 Å². The number of aromatic nitrogens is 1. The Morgan fingerprint density at radius 3 is 2.30 bits per heavy atom. The zero-order valence-electron chi connectivity index (χ0n) is 14.6. The highest BCUT2D eigenvalue weighted by Gasteiger charge is 2.42. The minimum atomic E-state index is -4.78. The molecule has 0 saturated heterocycles. The summed E-state index contributed by atoms with van der Waals surface area (Å²) in [5, 5.41) is 0. The fraction of sp³-hybridized carbons (Fsp3) is 0.150. The number of esters is 1. The van der Waals surface area contributed by atoms with E-state index in [1.807, 2.05) is 0 Å². The number of halogens is 3. The van der Waals surface area contributed by atoms with Crippen molar-refractivity contribution >= 4 is 5.97 Å². The van der Waals surface area contributed by atoms with Crippen LogP contribution in [0.5, 0.6) is 5.75 Å². The van der Waals surface area contributed by atoms with E-state index < -0.39 is 23.4 Å². The molecule has 0 atom stereocenters. The van der Waals surface area contributed by atoms with Crippen LogP contribution in [0, 0.1) is 0 Å². The maximum atomic E-state index is 13.9. The third kappa shape index (κ3) is 3.53. The van der Waals surface area contributed by atoms with Crippen LogP contribution < -0.4 is 4.74 Å². The van der Waals surface area contributed by atoms with E-state index >= 15 is 0 Å². The van der Waals surface area contributed by atoms with Crippen molar-refractivity contribution in [2.45, 2.75) is 6.18 Å². The number of nitrogens with zero attached hydrogens (tertiary/aromatic N) is 1. The van der Waals surface area contributed by atoms with Gasteiger partial charge in [0, 0.05) is 23.5 Å². The Hall–Kier alpha value is -3.22. The quantitative estimate of drug-likeness (QED) is 0.606. The van der Waals surface area contributed by atoms with Gasteiger partial charge in [0.05, 0.1) is 19.8 Å². The fourth-order valence-corrected chi connectivity index (χ4v) is 2.89. The Morgan fingerprint density at radius 2 is 1.70 bits per heavy atom. The first-order valence-corrected chi connectivity index (χ1v) is 7.97. The van der Waals surface area contributed by atoms with Gasteiger partial charge in [-0.2, -0.15) is 13.2 Å². The van der Waals surface area contributed by atoms with Crippen LogP contribution >= 0.6 is 0 Å². The van der Waals surface area contributed by atoms with Gasteiger partial charge in [-0.1, -0.05) is 36.4 Å². The van der Waals surface area contributed by atoms with E-state index in [4.69, 9.17) is 4.74 Å². The number of rotatable bonds is 4. The number of carbonyl (C=O) groups is 1. The number of benzene rings is 2. The molecule has 0 saturated carbocycles. The summed E-state index contributed by atoms with van der Waals surface area (Å²) in [5.41, 5.74) is -0.794. The van der Waals surface area contributed by atoms with Crippen LogP contribution in [-0.2, 0) is 10.9 Å². The maximum Gasteiger partial charge on any atom is 0.432 e. The molecule has 1 heterocycles. The highest BCUT2D eigenvalue weighted by Crippen LogP contribution is 2.40. The van der Waals surface area contributed by atoms with E-state index in [2.05, 4.69) is 4.74 Å². The van der Waals surface area contributed by atoms with Gasteiger partial charge in [0.15, 0.2) is 0 Å². The third-order valence-corrected chi connectivity index (χ3v) is 4.08. The van der Waals surface area contributed by atoms with Crippen LogP contribution in [0.2, 0.25) is 0 Å². The molecule has 27 heavy (non-hydrogen) atoms. The van der Waals surface area contributed by atoms with Crippen molar-refractivity contribution in [3.05, 3.63) is 72.1 Å². The molecule has 0 aliphatic heterocycles. The lowest BCUT2D eigenvalue weighted by molar-refractivity contribution is -0.142. The van der Waals surface area contributed by atoms with Crippen LogP contribution in [0.25, 0.3) is 16.8 Å². The summed E-state index contributed by atoms with van der Waals surface area (Å²) in [6.45, 7) is 0. The monoisotopic (exact) mass is 375 g/mol. The van der Waals surface area contributed by atoms with Crippen molar-refractivity contribution in [1.82, 2.24) is 4.57 Å². The van der Waals surface area contributed by atoms with Crippen molar-refractivity contribution in [2.24, 2.45) is 0 Å². The zero-order chi connectivity index (χ0) is 19.6. The number of ether oxygens (including phenoxy) is 2. The first kappa shape index (κ1) is 18.6. The Balaban J connectivity index is 2.36. The summed E-state index contributed by atoms with van der Waals surface area (Å²) in [6.07, 6.45) is -3.49. The molecule has 3 aromatic rings. The molecule has 0 bridgehead atoms. The Labute approximate surface area is 153 Å². The van der Waals surface area contributed by atoms with Crippen molar-refractivity contribution in [2.75, 3.05) is 14.2 Å². The molecule has 0 fully saturated rings. The summed E-state index contributed by atoms with van der Waals surface area (Å²) in [4.78, 5) is 12.3. The van der Waals surface area contributed by atoms with Crippen molar-refractivity contribution in [3.8, 4) is 22.6 Å². The predicted molar refractivity (Wildman–Crippen MR) is 94.1 cm³/mol. The van der Waals surface area contributed by atoms with Crippen LogP contribution in [0.4, 0.5) is 13.2 Å². The lowest BCUT2D eigenvalue weighted by atomic mass is 10.0. The van der Waals surface area contributed by atoms with Gasteiger partial charge < -0.3 is 14.0 Å². The second-order valence-electron chi connectivity index (χ2n) is 5.69. The first-order chi connectivity index (χ1) is 12.9. The zero-order valence-corrected chi connectivity index (χ0v) is 14.6. The summed E-state index contributed by atoms with van der Waals surface area (Å²) < 4.78 is 52.5. The van der Waals surface area contributed by atoms with Gasteiger partial charge in [0.25, 0.3) is 0 Å². The van der Waals surface area contributed by atoms with Gasteiger partial charge in [-0.25, -0.2) is 4.79 Å². The largest absolute Gasteiger partial charge is 0.497 e. The molecule has 0 N–H and O–H groups in total. The summed E-state index contributed by atoms with van der Waals surface area (Å²) in [7, 11) is 2.48. The summed E-state index contributed by atoms with van der Waals surface area (Å²) in [5.74, 6) is -0.655. The molecule has 0 aliphatic carbocycles. The minimum Gasteiger partial charge on any atom is -0.497 e. The number of methoxy groups -OCH3 is 2. The maximum absolute atomic E-state index is 13.9. The number of hydrogen-bond donors (Lipinski definition) is 0. The molecule has 0 spiro atoms. The molecule has 1 aromatic heterocycles. The normalized spacial score (nSPS) is 11.3. The number of hydrogen-bond acceptors (Lipinski definition) is 3. The molecule has 7 heteroatoms. The molecule has 140 valence electrons. The third-order valence-electron chi connectivity index (χ3n) is 4.08. The van der Waals surface area contributed by atoms with E-state index in [1.165, 1.54) is 25.4 Å². The van der Waals surface area contributed by atoms with E-state index in [9.17, 15) is 18.0 Å². The summed E-state index contributed by atoms with van der Waals surface area (Å²) >= 11 is 0. The first-order valence-electron chi connectivity index (χ1n) is 7.97. The van der Waals surface area contributed by atoms with Gasteiger partial charge >= 0.3 is 12.1 Å². The van der Waals surface area contributed by atoms with Crippen LogP contribution in [0.3, 0.4) is 0 Å². The molecular formula is C20H16F3NO3. The SMILES string of the molecule is COC(=O)c1c(-c2ccccc2)cn(-c2cccc(OC)c2)c1C(F)(F)F. The second kappa shape index (κ2) is 7.19. The van der Waals surface area contributed by atoms with Crippen LogP contribution in [0.15, 0.2) is 60.8 Å². The fourth-order valence-electron chi connectivity index (χ4n) is 2.89. The van der Waals surface area contributed by atoms with Crippen LogP contribution in [-0.4, -0.2) is 24.8 Å². The Kier molecular flexibility index (Phi) is 4.94. The average Bonchev–Trinajstić information content (AvgIpc) is 3.09.